The number of aryl methyl sites for hydroxylation is 1. The first-order valence-electron chi connectivity index (χ1n) is 6.51. The van der Waals surface area contributed by atoms with Gasteiger partial charge in [-0.1, -0.05) is 12.5 Å². The van der Waals surface area contributed by atoms with Crippen molar-refractivity contribution in [3.8, 4) is 6.07 Å². The fourth-order valence-corrected chi connectivity index (χ4v) is 2.60. The molecule has 0 heterocycles. The van der Waals surface area contributed by atoms with E-state index in [1.807, 2.05) is 25.1 Å². The second-order valence-corrected chi connectivity index (χ2v) is 5.44. The highest BCUT2D eigenvalue weighted by Gasteiger charge is 2.38. The molecular formula is C15H18N2O2. The lowest BCUT2D eigenvalue weighted by atomic mass is 9.66. The van der Waals surface area contributed by atoms with Crippen LogP contribution in [0.4, 0.5) is 5.69 Å². The third kappa shape index (κ3) is 3.05. The molecule has 2 N–H and O–H groups in total. The molecule has 0 aliphatic heterocycles. The van der Waals surface area contributed by atoms with Gasteiger partial charge in [0.05, 0.1) is 17.7 Å². The molecule has 1 aromatic carbocycles. The number of benzene rings is 1. The molecule has 0 atom stereocenters. The number of nitrogens with zero attached hydrogens (tertiary/aromatic N) is 1. The van der Waals surface area contributed by atoms with Gasteiger partial charge in [0.1, 0.15) is 6.07 Å². The Labute approximate surface area is 113 Å². The first kappa shape index (κ1) is 13.4. The van der Waals surface area contributed by atoms with Gasteiger partial charge >= 0.3 is 5.97 Å². The number of anilines is 1. The fraction of sp³-hybridized carbons (Fsp3) is 0.467. The summed E-state index contributed by atoms with van der Waals surface area (Å²) in [7, 11) is 0. The SMILES string of the molecule is Cc1ccc(NCC2(CC(=O)O)CCC2)c(C#N)c1. The molecule has 2 rings (SSSR count). The molecule has 1 fully saturated rings. The number of carbonyl (C=O) groups is 1. The van der Waals surface area contributed by atoms with Crippen molar-refractivity contribution in [1.29, 1.82) is 5.26 Å². The molecule has 1 aromatic rings. The maximum atomic E-state index is 10.9. The van der Waals surface area contributed by atoms with Crippen LogP contribution in [-0.4, -0.2) is 17.6 Å². The molecule has 4 heteroatoms. The minimum atomic E-state index is -0.745. The lowest BCUT2D eigenvalue weighted by Crippen LogP contribution is -2.38. The number of hydrogen-bond donors (Lipinski definition) is 2. The fourth-order valence-electron chi connectivity index (χ4n) is 2.60. The maximum absolute atomic E-state index is 10.9. The van der Waals surface area contributed by atoms with Crippen molar-refractivity contribution in [2.24, 2.45) is 5.41 Å². The molecular weight excluding hydrogens is 240 g/mol. The zero-order valence-corrected chi connectivity index (χ0v) is 11.1. The van der Waals surface area contributed by atoms with Crippen LogP contribution in [0.2, 0.25) is 0 Å². The van der Waals surface area contributed by atoms with E-state index in [9.17, 15) is 4.79 Å². The van der Waals surface area contributed by atoms with Crippen molar-refractivity contribution < 1.29 is 9.90 Å². The number of hydrogen-bond acceptors (Lipinski definition) is 3. The molecule has 0 aromatic heterocycles. The number of carboxylic acids is 1. The Morgan fingerprint density at radius 1 is 1.53 bits per heavy atom. The Bertz CT molecular complexity index is 527. The van der Waals surface area contributed by atoms with E-state index in [4.69, 9.17) is 10.4 Å². The zero-order chi connectivity index (χ0) is 13.9. The van der Waals surface area contributed by atoms with Crippen molar-refractivity contribution in [3.63, 3.8) is 0 Å². The molecule has 0 spiro atoms. The second-order valence-electron chi connectivity index (χ2n) is 5.44. The lowest BCUT2D eigenvalue weighted by Gasteiger charge is -2.41. The van der Waals surface area contributed by atoms with Gasteiger partial charge < -0.3 is 10.4 Å². The monoisotopic (exact) mass is 258 g/mol. The smallest absolute Gasteiger partial charge is 0.303 e. The van der Waals surface area contributed by atoms with E-state index < -0.39 is 5.97 Å². The van der Waals surface area contributed by atoms with Crippen LogP contribution in [0.3, 0.4) is 0 Å². The molecule has 0 amide bonds. The van der Waals surface area contributed by atoms with Gasteiger partial charge in [-0.05, 0) is 42.9 Å². The van der Waals surface area contributed by atoms with Crippen molar-refractivity contribution in [2.45, 2.75) is 32.6 Å². The van der Waals surface area contributed by atoms with E-state index in [2.05, 4.69) is 11.4 Å². The number of rotatable bonds is 5. The van der Waals surface area contributed by atoms with E-state index in [0.29, 0.717) is 12.1 Å². The molecule has 1 saturated carbocycles. The summed E-state index contributed by atoms with van der Waals surface area (Å²) < 4.78 is 0. The van der Waals surface area contributed by atoms with Crippen LogP contribution >= 0.6 is 0 Å². The third-order valence-corrected chi connectivity index (χ3v) is 3.89. The van der Waals surface area contributed by atoms with E-state index in [0.717, 1.165) is 30.5 Å². The highest BCUT2D eigenvalue weighted by molar-refractivity contribution is 5.68. The summed E-state index contributed by atoms with van der Waals surface area (Å²) >= 11 is 0. The Morgan fingerprint density at radius 2 is 2.26 bits per heavy atom. The van der Waals surface area contributed by atoms with E-state index in [1.54, 1.807) is 0 Å². The normalized spacial score (nSPS) is 16.2. The van der Waals surface area contributed by atoms with Gasteiger partial charge in [0.25, 0.3) is 0 Å². The largest absolute Gasteiger partial charge is 0.481 e. The predicted molar refractivity (Wildman–Crippen MR) is 72.9 cm³/mol. The summed E-state index contributed by atoms with van der Waals surface area (Å²) in [5.41, 5.74) is 2.32. The van der Waals surface area contributed by atoms with Gasteiger partial charge in [-0.2, -0.15) is 5.26 Å². The minimum Gasteiger partial charge on any atom is -0.481 e. The van der Waals surface area contributed by atoms with Gasteiger partial charge in [-0.3, -0.25) is 4.79 Å². The molecule has 1 aliphatic carbocycles. The number of aliphatic carboxylic acids is 1. The molecule has 1 aliphatic rings. The summed E-state index contributed by atoms with van der Waals surface area (Å²) in [6.07, 6.45) is 3.18. The first-order chi connectivity index (χ1) is 9.04. The Hall–Kier alpha value is -2.02. The van der Waals surface area contributed by atoms with Crippen molar-refractivity contribution >= 4 is 11.7 Å². The number of carboxylic acid groups (broad SMARTS) is 1. The van der Waals surface area contributed by atoms with Crippen LogP contribution < -0.4 is 5.32 Å². The van der Waals surface area contributed by atoms with Crippen LogP contribution in [-0.2, 0) is 4.79 Å². The molecule has 4 nitrogen and oxygen atoms in total. The van der Waals surface area contributed by atoms with Crippen LogP contribution in [0.15, 0.2) is 18.2 Å². The lowest BCUT2D eigenvalue weighted by molar-refractivity contribution is -0.141. The Morgan fingerprint density at radius 3 is 2.79 bits per heavy atom. The van der Waals surface area contributed by atoms with Gasteiger partial charge in [0.15, 0.2) is 0 Å². The number of nitriles is 1. The average Bonchev–Trinajstić information content (AvgIpc) is 2.33. The molecule has 0 radical (unpaired) electrons. The zero-order valence-electron chi connectivity index (χ0n) is 11.1. The van der Waals surface area contributed by atoms with Gasteiger partial charge in [0.2, 0.25) is 0 Å². The first-order valence-corrected chi connectivity index (χ1v) is 6.51. The van der Waals surface area contributed by atoms with E-state index in [-0.39, 0.29) is 11.8 Å². The van der Waals surface area contributed by atoms with Crippen molar-refractivity contribution in [2.75, 3.05) is 11.9 Å². The van der Waals surface area contributed by atoms with Crippen LogP contribution in [0.5, 0.6) is 0 Å². The highest BCUT2D eigenvalue weighted by atomic mass is 16.4. The van der Waals surface area contributed by atoms with Crippen LogP contribution in [0, 0.1) is 23.7 Å². The van der Waals surface area contributed by atoms with Gasteiger partial charge in [-0.15, -0.1) is 0 Å². The predicted octanol–water partition coefficient (Wildman–Crippen LogP) is 2.92. The van der Waals surface area contributed by atoms with Crippen molar-refractivity contribution in [1.82, 2.24) is 0 Å². The number of nitrogens with one attached hydrogen (secondary N) is 1. The molecule has 100 valence electrons. The molecule has 0 bridgehead atoms. The standard InChI is InChI=1S/C15H18N2O2/c1-11-3-4-13(12(7-11)9-16)17-10-15(5-2-6-15)8-14(18)19/h3-4,7,17H,2,5-6,8,10H2,1H3,(H,18,19). The quantitative estimate of drug-likeness (QED) is 0.851. The summed E-state index contributed by atoms with van der Waals surface area (Å²) in [4.78, 5) is 10.9. The second kappa shape index (κ2) is 5.31. The van der Waals surface area contributed by atoms with E-state index >= 15 is 0 Å². The summed E-state index contributed by atoms with van der Waals surface area (Å²) in [5, 5.41) is 21.3. The van der Waals surface area contributed by atoms with Crippen LogP contribution in [0.25, 0.3) is 0 Å². The van der Waals surface area contributed by atoms with Gasteiger partial charge in [0, 0.05) is 6.54 Å². The average molecular weight is 258 g/mol. The summed E-state index contributed by atoms with van der Waals surface area (Å²) in [6, 6.07) is 7.85. The summed E-state index contributed by atoms with van der Waals surface area (Å²) in [5.74, 6) is -0.745. The van der Waals surface area contributed by atoms with Crippen LogP contribution in [0.1, 0.15) is 36.8 Å². The molecule has 0 unspecified atom stereocenters. The van der Waals surface area contributed by atoms with E-state index in [1.165, 1.54) is 0 Å². The molecule has 19 heavy (non-hydrogen) atoms. The van der Waals surface area contributed by atoms with Crippen molar-refractivity contribution in [3.05, 3.63) is 29.3 Å². The minimum absolute atomic E-state index is 0.135. The molecule has 0 saturated heterocycles. The Kier molecular flexibility index (Phi) is 3.75. The topological polar surface area (TPSA) is 73.1 Å². The highest BCUT2D eigenvalue weighted by Crippen LogP contribution is 2.44. The Balaban J connectivity index is 2.06. The third-order valence-electron chi connectivity index (χ3n) is 3.89. The maximum Gasteiger partial charge on any atom is 0.303 e. The summed E-state index contributed by atoms with van der Waals surface area (Å²) in [6.45, 7) is 2.57. The van der Waals surface area contributed by atoms with Gasteiger partial charge in [-0.25, -0.2) is 0 Å².